The number of likely N-dealkylation sites (tertiary alicyclic amines) is 1. The Morgan fingerprint density at radius 1 is 1.35 bits per heavy atom. The van der Waals surface area contributed by atoms with Gasteiger partial charge in [-0.2, -0.15) is 0 Å². The smallest absolute Gasteiger partial charge is 0.247 e. The summed E-state index contributed by atoms with van der Waals surface area (Å²) in [5.74, 6) is -0.323. The molecule has 2 aliphatic rings. The number of hydrogen-bond donors (Lipinski definition) is 1. The summed E-state index contributed by atoms with van der Waals surface area (Å²) < 4.78 is 0. The van der Waals surface area contributed by atoms with E-state index in [-0.39, 0.29) is 36.7 Å². The molecule has 0 aromatic heterocycles. The van der Waals surface area contributed by atoms with Gasteiger partial charge in [-0.1, -0.05) is 12.8 Å². The molecule has 1 unspecified atom stereocenters. The molecule has 3 amide bonds. The van der Waals surface area contributed by atoms with Gasteiger partial charge in [-0.3, -0.25) is 24.6 Å². The van der Waals surface area contributed by atoms with Gasteiger partial charge in [0.15, 0.2) is 0 Å². The minimum absolute atomic E-state index is 0.0629. The van der Waals surface area contributed by atoms with Crippen LogP contribution in [0.15, 0.2) is 0 Å². The zero-order valence-electron chi connectivity index (χ0n) is 12.2. The fraction of sp³-hybridized carbons (Fsp3) is 0.786. The highest BCUT2D eigenvalue weighted by molar-refractivity contribution is 6.06. The van der Waals surface area contributed by atoms with Crippen molar-refractivity contribution in [2.75, 3.05) is 20.1 Å². The van der Waals surface area contributed by atoms with Gasteiger partial charge in [0.25, 0.3) is 0 Å². The summed E-state index contributed by atoms with van der Waals surface area (Å²) in [6, 6.07) is -0.451. The quantitative estimate of drug-likeness (QED) is 0.727. The number of rotatable bonds is 5. The summed E-state index contributed by atoms with van der Waals surface area (Å²) in [6.45, 7) is 2.63. The van der Waals surface area contributed by atoms with Crippen molar-refractivity contribution in [1.29, 1.82) is 0 Å². The van der Waals surface area contributed by atoms with Crippen LogP contribution in [0.2, 0.25) is 0 Å². The molecule has 0 aromatic rings. The molecule has 1 aliphatic heterocycles. The van der Waals surface area contributed by atoms with Crippen LogP contribution >= 0.6 is 0 Å². The number of imide groups is 1. The van der Waals surface area contributed by atoms with Crippen molar-refractivity contribution in [2.24, 2.45) is 0 Å². The van der Waals surface area contributed by atoms with Gasteiger partial charge in [0.1, 0.15) is 0 Å². The van der Waals surface area contributed by atoms with Gasteiger partial charge in [-0.25, -0.2) is 0 Å². The average Bonchev–Trinajstić information content (AvgIpc) is 3.03. The third-order valence-electron chi connectivity index (χ3n) is 4.27. The molecule has 0 aromatic carbocycles. The summed E-state index contributed by atoms with van der Waals surface area (Å²) in [6.07, 6.45) is 4.18. The lowest BCUT2D eigenvalue weighted by molar-refractivity contribution is -0.141. The highest BCUT2D eigenvalue weighted by Gasteiger charge is 2.42. The summed E-state index contributed by atoms with van der Waals surface area (Å²) in [5, 5.41) is 2.93. The van der Waals surface area contributed by atoms with E-state index in [1.807, 2.05) is 6.92 Å². The maximum atomic E-state index is 12.3. The first-order chi connectivity index (χ1) is 9.54. The second kappa shape index (κ2) is 6.35. The van der Waals surface area contributed by atoms with E-state index in [0.717, 1.165) is 25.7 Å². The fourth-order valence-electron chi connectivity index (χ4n) is 2.88. The van der Waals surface area contributed by atoms with Crippen LogP contribution in [0.4, 0.5) is 0 Å². The third kappa shape index (κ3) is 3.00. The standard InChI is InChI=1S/C14H23N3O3/c1-3-16(2)13(19)9-15-11-8-12(18)17(14(11)20)10-6-4-5-7-10/h10-11,15H,3-9H2,1-2H3. The highest BCUT2D eigenvalue weighted by atomic mass is 16.2. The lowest BCUT2D eigenvalue weighted by atomic mass is 10.2. The van der Waals surface area contributed by atoms with E-state index >= 15 is 0 Å². The first-order valence-electron chi connectivity index (χ1n) is 7.37. The molecule has 1 heterocycles. The lowest BCUT2D eigenvalue weighted by Crippen LogP contribution is -2.45. The van der Waals surface area contributed by atoms with Gasteiger partial charge in [0.2, 0.25) is 17.7 Å². The summed E-state index contributed by atoms with van der Waals surface area (Å²) in [5.41, 5.74) is 0. The van der Waals surface area contributed by atoms with Crippen LogP contribution in [0.25, 0.3) is 0 Å². The van der Waals surface area contributed by atoms with Gasteiger partial charge in [0, 0.05) is 19.6 Å². The van der Waals surface area contributed by atoms with Crippen LogP contribution in [0.5, 0.6) is 0 Å². The van der Waals surface area contributed by atoms with Crippen molar-refractivity contribution in [3.8, 4) is 0 Å². The van der Waals surface area contributed by atoms with E-state index < -0.39 is 6.04 Å². The van der Waals surface area contributed by atoms with Gasteiger partial charge < -0.3 is 4.90 Å². The van der Waals surface area contributed by atoms with Crippen LogP contribution in [0.3, 0.4) is 0 Å². The predicted octanol–water partition coefficient (Wildman–Crippen LogP) is 0.124. The Kier molecular flexibility index (Phi) is 4.75. The van der Waals surface area contributed by atoms with Crippen LogP contribution in [-0.2, 0) is 14.4 Å². The van der Waals surface area contributed by atoms with Crippen molar-refractivity contribution in [2.45, 2.75) is 51.1 Å². The molecule has 6 heteroatoms. The summed E-state index contributed by atoms with van der Waals surface area (Å²) >= 11 is 0. The van der Waals surface area contributed by atoms with Crippen molar-refractivity contribution in [3.05, 3.63) is 0 Å². The van der Waals surface area contributed by atoms with E-state index in [1.54, 1.807) is 11.9 Å². The van der Waals surface area contributed by atoms with Crippen molar-refractivity contribution in [1.82, 2.24) is 15.1 Å². The minimum atomic E-state index is -0.530. The van der Waals surface area contributed by atoms with E-state index in [4.69, 9.17) is 0 Å². The number of amides is 3. The van der Waals surface area contributed by atoms with Gasteiger partial charge >= 0.3 is 0 Å². The van der Waals surface area contributed by atoms with Crippen molar-refractivity contribution >= 4 is 17.7 Å². The monoisotopic (exact) mass is 281 g/mol. The molecule has 2 fully saturated rings. The molecule has 20 heavy (non-hydrogen) atoms. The van der Waals surface area contributed by atoms with E-state index in [9.17, 15) is 14.4 Å². The first kappa shape index (κ1) is 15.0. The molecule has 1 atom stereocenters. The van der Waals surface area contributed by atoms with Crippen LogP contribution in [-0.4, -0.2) is 59.7 Å². The lowest BCUT2D eigenvalue weighted by Gasteiger charge is -2.22. The zero-order valence-corrected chi connectivity index (χ0v) is 12.2. The second-order valence-electron chi connectivity index (χ2n) is 5.59. The zero-order chi connectivity index (χ0) is 14.7. The molecule has 112 valence electrons. The van der Waals surface area contributed by atoms with E-state index in [0.29, 0.717) is 6.54 Å². The Labute approximate surface area is 119 Å². The molecule has 1 N–H and O–H groups in total. The molecule has 1 saturated carbocycles. The van der Waals surface area contributed by atoms with Gasteiger partial charge in [-0.05, 0) is 19.8 Å². The maximum absolute atomic E-state index is 12.3. The molecule has 1 aliphatic carbocycles. The summed E-state index contributed by atoms with van der Waals surface area (Å²) in [7, 11) is 1.72. The Hall–Kier alpha value is -1.43. The predicted molar refractivity (Wildman–Crippen MR) is 73.8 cm³/mol. The molecule has 1 saturated heterocycles. The van der Waals surface area contributed by atoms with Crippen LogP contribution in [0, 0.1) is 0 Å². The second-order valence-corrected chi connectivity index (χ2v) is 5.59. The van der Waals surface area contributed by atoms with Crippen LogP contribution in [0.1, 0.15) is 39.0 Å². The average molecular weight is 281 g/mol. The van der Waals surface area contributed by atoms with E-state index in [1.165, 1.54) is 4.90 Å². The first-order valence-corrected chi connectivity index (χ1v) is 7.37. The molecule has 0 bridgehead atoms. The van der Waals surface area contributed by atoms with Gasteiger partial charge in [0.05, 0.1) is 19.0 Å². The number of carbonyl (C=O) groups is 3. The molecule has 6 nitrogen and oxygen atoms in total. The number of nitrogens with zero attached hydrogens (tertiary/aromatic N) is 2. The topological polar surface area (TPSA) is 69.7 Å². The molecule has 2 rings (SSSR count). The SMILES string of the molecule is CCN(C)C(=O)CNC1CC(=O)N(C2CCCC2)C1=O. The third-order valence-corrected chi connectivity index (χ3v) is 4.27. The number of carbonyl (C=O) groups excluding carboxylic acids is 3. The van der Waals surface area contributed by atoms with Crippen LogP contribution < -0.4 is 5.32 Å². The molecule has 0 radical (unpaired) electrons. The Balaban J connectivity index is 1.89. The Morgan fingerprint density at radius 3 is 2.60 bits per heavy atom. The molecular formula is C14H23N3O3. The maximum Gasteiger partial charge on any atom is 0.247 e. The Morgan fingerprint density at radius 2 is 2.00 bits per heavy atom. The van der Waals surface area contributed by atoms with Crippen molar-refractivity contribution in [3.63, 3.8) is 0 Å². The Bertz CT molecular complexity index is 404. The number of hydrogen-bond acceptors (Lipinski definition) is 4. The number of nitrogens with one attached hydrogen (secondary N) is 1. The summed E-state index contributed by atoms with van der Waals surface area (Å²) in [4.78, 5) is 39.0. The minimum Gasteiger partial charge on any atom is -0.345 e. The normalized spacial score (nSPS) is 23.7. The van der Waals surface area contributed by atoms with Gasteiger partial charge in [-0.15, -0.1) is 0 Å². The molecule has 0 spiro atoms. The molecular weight excluding hydrogens is 258 g/mol. The number of likely N-dealkylation sites (N-methyl/N-ethyl adjacent to an activating group) is 1. The fourth-order valence-corrected chi connectivity index (χ4v) is 2.88. The highest BCUT2D eigenvalue weighted by Crippen LogP contribution is 2.28. The largest absolute Gasteiger partial charge is 0.345 e. The van der Waals surface area contributed by atoms with Crippen molar-refractivity contribution < 1.29 is 14.4 Å². The van der Waals surface area contributed by atoms with E-state index in [2.05, 4.69) is 5.32 Å².